The minimum Gasteiger partial charge on any atom is -0.444 e. The van der Waals surface area contributed by atoms with Gasteiger partial charge in [-0.15, -0.1) is 0 Å². The van der Waals surface area contributed by atoms with Crippen molar-refractivity contribution in [2.24, 2.45) is 0 Å². The molecule has 0 spiro atoms. The number of morpholine rings is 1. The van der Waals surface area contributed by atoms with Crippen molar-refractivity contribution in [3.8, 4) is 0 Å². The van der Waals surface area contributed by atoms with E-state index in [1.807, 2.05) is 39.0 Å². The van der Waals surface area contributed by atoms with Crippen molar-refractivity contribution in [1.82, 2.24) is 9.80 Å². The van der Waals surface area contributed by atoms with E-state index < -0.39 is 5.60 Å². The highest BCUT2D eigenvalue weighted by molar-refractivity contribution is 5.89. The first-order chi connectivity index (χ1) is 12.8. The quantitative estimate of drug-likeness (QED) is 0.819. The molecule has 1 N–H and O–H groups in total. The Balaban J connectivity index is 1.62. The second kappa shape index (κ2) is 8.17. The summed E-state index contributed by atoms with van der Waals surface area (Å²) in [6, 6.07) is 5.90. The van der Waals surface area contributed by atoms with E-state index in [1.165, 1.54) is 11.1 Å². The molecule has 0 aromatic heterocycles. The Morgan fingerprint density at radius 2 is 1.67 bits per heavy atom. The molecule has 7 heteroatoms. The van der Waals surface area contributed by atoms with Crippen LogP contribution in [-0.4, -0.2) is 66.9 Å². The number of nitrogens with zero attached hydrogens (tertiary/aromatic N) is 2. The number of hydrogen-bond acceptors (Lipinski definition) is 4. The Kier molecular flexibility index (Phi) is 5.89. The van der Waals surface area contributed by atoms with Gasteiger partial charge in [0.1, 0.15) is 5.60 Å². The van der Waals surface area contributed by atoms with Crippen LogP contribution >= 0.6 is 0 Å². The first-order valence-electron chi connectivity index (χ1n) is 9.55. The van der Waals surface area contributed by atoms with Crippen LogP contribution in [0.1, 0.15) is 31.9 Å². The van der Waals surface area contributed by atoms with E-state index in [0.29, 0.717) is 39.4 Å². The lowest BCUT2D eigenvalue weighted by atomic mass is 10.0. The molecule has 0 atom stereocenters. The summed E-state index contributed by atoms with van der Waals surface area (Å²) < 4.78 is 10.8. The smallest absolute Gasteiger partial charge is 0.410 e. The lowest BCUT2D eigenvalue weighted by Crippen LogP contribution is -2.43. The maximum absolute atomic E-state index is 12.4. The summed E-state index contributed by atoms with van der Waals surface area (Å²) in [7, 11) is 0. The van der Waals surface area contributed by atoms with Gasteiger partial charge in [-0.1, -0.05) is 6.07 Å². The van der Waals surface area contributed by atoms with Crippen LogP contribution in [0.4, 0.5) is 15.3 Å². The van der Waals surface area contributed by atoms with Gasteiger partial charge in [-0.25, -0.2) is 9.59 Å². The zero-order valence-electron chi connectivity index (χ0n) is 16.4. The lowest BCUT2D eigenvalue weighted by Gasteiger charge is -2.27. The average Bonchev–Trinajstić information content (AvgIpc) is 2.83. The maximum atomic E-state index is 12.4. The summed E-state index contributed by atoms with van der Waals surface area (Å²) in [5.41, 5.74) is 2.68. The number of nitrogens with one attached hydrogen (secondary N) is 1. The van der Waals surface area contributed by atoms with Gasteiger partial charge in [0.2, 0.25) is 0 Å². The molecule has 1 fully saturated rings. The molecule has 0 unspecified atom stereocenters. The van der Waals surface area contributed by atoms with Gasteiger partial charge in [0.05, 0.1) is 13.2 Å². The van der Waals surface area contributed by atoms with Crippen molar-refractivity contribution in [2.45, 2.75) is 39.2 Å². The van der Waals surface area contributed by atoms with Crippen LogP contribution in [0, 0.1) is 0 Å². The van der Waals surface area contributed by atoms with E-state index in [0.717, 1.165) is 18.5 Å². The highest BCUT2D eigenvalue weighted by atomic mass is 16.6. The molecule has 0 saturated carbocycles. The average molecular weight is 375 g/mol. The van der Waals surface area contributed by atoms with Crippen molar-refractivity contribution in [3.05, 3.63) is 29.3 Å². The monoisotopic (exact) mass is 375 g/mol. The van der Waals surface area contributed by atoms with Crippen LogP contribution in [0.3, 0.4) is 0 Å². The topological polar surface area (TPSA) is 71.1 Å². The zero-order valence-corrected chi connectivity index (χ0v) is 16.4. The van der Waals surface area contributed by atoms with Crippen LogP contribution in [0.5, 0.6) is 0 Å². The highest BCUT2D eigenvalue weighted by Crippen LogP contribution is 2.22. The lowest BCUT2D eigenvalue weighted by molar-refractivity contribution is 0.0258. The van der Waals surface area contributed by atoms with Gasteiger partial charge in [-0.2, -0.15) is 0 Å². The largest absolute Gasteiger partial charge is 0.444 e. The molecule has 0 radical (unpaired) electrons. The van der Waals surface area contributed by atoms with Crippen molar-refractivity contribution < 1.29 is 19.1 Å². The number of benzene rings is 1. The van der Waals surface area contributed by atoms with E-state index in [4.69, 9.17) is 9.47 Å². The van der Waals surface area contributed by atoms with Gasteiger partial charge in [0.15, 0.2) is 0 Å². The van der Waals surface area contributed by atoms with E-state index in [-0.39, 0.29) is 12.1 Å². The predicted octanol–water partition coefficient (Wildman–Crippen LogP) is 2.89. The van der Waals surface area contributed by atoms with Crippen molar-refractivity contribution in [3.63, 3.8) is 0 Å². The van der Waals surface area contributed by atoms with Crippen molar-refractivity contribution >= 4 is 17.8 Å². The SMILES string of the molecule is CC(C)(C)OC(=O)N1CCc2ccc(NC(=O)N3CCOCC3)cc2CC1. The van der Waals surface area contributed by atoms with E-state index in [9.17, 15) is 9.59 Å². The van der Waals surface area contributed by atoms with Crippen LogP contribution < -0.4 is 5.32 Å². The number of carbonyl (C=O) groups excluding carboxylic acids is 2. The number of carbonyl (C=O) groups is 2. The predicted molar refractivity (Wildman–Crippen MR) is 103 cm³/mol. The third kappa shape index (κ3) is 5.35. The highest BCUT2D eigenvalue weighted by Gasteiger charge is 2.24. The Morgan fingerprint density at radius 3 is 2.33 bits per heavy atom. The van der Waals surface area contributed by atoms with Gasteiger partial charge in [-0.3, -0.25) is 0 Å². The molecule has 27 heavy (non-hydrogen) atoms. The van der Waals surface area contributed by atoms with Crippen LogP contribution in [0.25, 0.3) is 0 Å². The molecule has 2 aliphatic heterocycles. The minimum atomic E-state index is -0.493. The molecule has 0 bridgehead atoms. The number of fused-ring (bicyclic) bond motifs is 1. The van der Waals surface area contributed by atoms with E-state index >= 15 is 0 Å². The molecule has 3 rings (SSSR count). The Bertz CT molecular complexity index is 693. The fourth-order valence-corrected chi connectivity index (χ4v) is 3.28. The Labute approximate surface area is 160 Å². The molecule has 1 saturated heterocycles. The normalized spacial score (nSPS) is 17.7. The Hall–Kier alpha value is -2.28. The van der Waals surface area contributed by atoms with Crippen molar-refractivity contribution in [2.75, 3.05) is 44.7 Å². The fourth-order valence-electron chi connectivity index (χ4n) is 3.28. The summed E-state index contributed by atoms with van der Waals surface area (Å²) in [5.74, 6) is 0. The number of urea groups is 1. The zero-order chi connectivity index (χ0) is 19.4. The summed E-state index contributed by atoms with van der Waals surface area (Å²) >= 11 is 0. The standard InChI is InChI=1S/C20H29N3O4/c1-20(2,3)27-19(25)23-8-6-15-4-5-17(14-16(15)7-9-23)21-18(24)22-10-12-26-13-11-22/h4-5,14H,6-13H2,1-3H3,(H,21,24). The number of anilines is 1. The van der Waals surface area contributed by atoms with E-state index in [2.05, 4.69) is 5.32 Å². The molecule has 148 valence electrons. The van der Waals surface area contributed by atoms with E-state index in [1.54, 1.807) is 9.80 Å². The van der Waals surface area contributed by atoms with Crippen LogP contribution in [-0.2, 0) is 22.3 Å². The molecule has 1 aromatic carbocycles. The van der Waals surface area contributed by atoms with Gasteiger partial charge in [0.25, 0.3) is 0 Å². The van der Waals surface area contributed by atoms with Gasteiger partial charge in [-0.05, 0) is 56.9 Å². The summed E-state index contributed by atoms with van der Waals surface area (Å²) in [4.78, 5) is 28.2. The van der Waals surface area contributed by atoms with Gasteiger partial charge >= 0.3 is 12.1 Å². The molecule has 2 aliphatic rings. The minimum absolute atomic E-state index is 0.0951. The summed E-state index contributed by atoms with van der Waals surface area (Å²) in [6.45, 7) is 9.27. The first kappa shape index (κ1) is 19.5. The molecule has 2 heterocycles. The van der Waals surface area contributed by atoms with Crippen LogP contribution in [0.2, 0.25) is 0 Å². The molecular formula is C20H29N3O4. The molecular weight excluding hydrogens is 346 g/mol. The van der Waals surface area contributed by atoms with Gasteiger partial charge in [0, 0.05) is 31.9 Å². The summed E-state index contributed by atoms with van der Waals surface area (Å²) in [6.07, 6.45) is 1.26. The number of hydrogen-bond donors (Lipinski definition) is 1. The number of amides is 3. The molecule has 3 amide bonds. The second-order valence-corrected chi connectivity index (χ2v) is 7.98. The molecule has 7 nitrogen and oxygen atoms in total. The molecule has 1 aromatic rings. The first-order valence-corrected chi connectivity index (χ1v) is 9.55. The maximum Gasteiger partial charge on any atom is 0.410 e. The third-order valence-electron chi connectivity index (χ3n) is 4.71. The fraction of sp³-hybridized carbons (Fsp3) is 0.600. The second-order valence-electron chi connectivity index (χ2n) is 7.98. The van der Waals surface area contributed by atoms with Crippen molar-refractivity contribution in [1.29, 1.82) is 0 Å². The van der Waals surface area contributed by atoms with Crippen LogP contribution in [0.15, 0.2) is 18.2 Å². The Morgan fingerprint density at radius 1 is 1.00 bits per heavy atom. The summed E-state index contributed by atoms with van der Waals surface area (Å²) in [5, 5.41) is 2.97. The third-order valence-corrected chi connectivity index (χ3v) is 4.71. The number of ether oxygens (including phenoxy) is 2. The van der Waals surface area contributed by atoms with Gasteiger partial charge < -0.3 is 24.6 Å². The number of rotatable bonds is 1. The molecule has 0 aliphatic carbocycles.